The zero-order valence-corrected chi connectivity index (χ0v) is 10.9. The SMILES string of the molecule is C=CC(=O)OC(CCC)N(CCC)CCC. The first-order valence-corrected chi connectivity index (χ1v) is 6.26. The van der Waals surface area contributed by atoms with Crippen LogP contribution in [0.15, 0.2) is 12.7 Å². The lowest BCUT2D eigenvalue weighted by molar-refractivity contribution is -0.154. The van der Waals surface area contributed by atoms with Crippen molar-refractivity contribution in [1.82, 2.24) is 4.90 Å². The molecule has 0 spiro atoms. The van der Waals surface area contributed by atoms with Gasteiger partial charge >= 0.3 is 5.97 Å². The minimum atomic E-state index is -0.323. The van der Waals surface area contributed by atoms with Crippen LogP contribution >= 0.6 is 0 Å². The highest BCUT2D eigenvalue weighted by Crippen LogP contribution is 2.11. The molecule has 0 aliphatic carbocycles. The Labute approximate surface area is 99.5 Å². The van der Waals surface area contributed by atoms with E-state index in [4.69, 9.17) is 4.74 Å². The number of hydrogen-bond donors (Lipinski definition) is 0. The van der Waals surface area contributed by atoms with Crippen molar-refractivity contribution < 1.29 is 9.53 Å². The van der Waals surface area contributed by atoms with Gasteiger partial charge in [0.2, 0.25) is 0 Å². The molecule has 3 nitrogen and oxygen atoms in total. The van der Waals surface area contributed by atoms with Crippen LogP contribution < -0.4 is 0 Å². The van der Waals surface area contributed by atoms with Crippen LogP contribution in [0, 0.1) is 0 Å². The van der Waals surface area contributed by atoms with Crippen LogP contribution in [-0.4, -0.2) is 30.2 Å². The van der Waals surface area contributed by atoms with Crippen molar-refractivity contribution in [2.75, 3.05) is 13.1 Å². The molecule has 0 aliphatic heterocycles. The number of rotatable bonds is 9. The Bertz CT molecular complexity index is 198. The van der Waals surface area contributed by atoms with E-state index in [0.717, 1.165) is 38.8 Å². The maximum Gasteiger partial charge on any atom is 0.331 e. The van der Waals surface area contributed by atoms with E-state index >= 15 is 0 Å². The molecule has 0 radical (unpaired) electrons. The van der Waals surface area contributed by atoms with Crippen LogP contribution in [0.2, 0.25) is 0 Å². The Hall–Kier alpha value is -0.830. The molecule has 0 rings (SSSR count). The summed E-state index contributed by atoms with van der Waals surface area (Å²) in [7, 11) is 0. The molecule has 0 N–H and O–H groups in total. The Morgan fingerprint density at radius 3 is 2.19 bits per heavy atom. The molecule has 3 heteroatoms. The maximum atomic E-state index is 11.2. The average Bonchev–Trinajstić information content (AvgIpc) is 2.28. The Kier molecular flexibility index (Phi) is 8.91. The van der Waals surface area contributed by atoms with E-state index < -0.39 is 0 Å². The minimum Gasteiger partial charge on any atom is -0.443 e. The Balaban J connectivity index is 4.41. The molecule has 1 atom stereocenters. The topological polar surface area (TPSA) is 29.5 Å². The normalized spacial score (nSPS) is 12.5. The molecule has 0 aromatic carbocycles. The van der Waals surface area contributed by atoms with Crippen molar-refractivity contribution in [2.24, 2.45) is 0 Å². The molecule has 0 saturated heterocycles. The monoisotopic (exact) mass is 227 g/mol. The standard InChI is InChI=1S/C13H25NO2/c1-5-9-12(16-13(15)8-4)14(10-6-2)11-7-3/h8,12H,4-7,9-11H2,1-3H3. The first kappa shape index (κ1) is 15.2. The lowest BCUT2D eigenvalue weighted by Crippen LogP contribution is -2.39. The fraction of sp³-hybridized carbons (Fsp3) is 0.769. The van der Waals surface area contributed by atoms with Crippen LogP contribution in [0.5, 0.6) is 0 Å². The quantitative estimate of drug-likeness (QED) is 0.344. The predicted molar refractivity (Wildman–Crippen MR) is 67.1 cm³/mol. The molecule has 0 amide bonds. The molecule has 94 valence electrons. The lowest BCUT2D eigenvalue weighted by atomic mass is 10.2. The van der Waals surface area contributed by atoms with Crippen molar-refractivity contribution in [3.8, 4) is 0 Å². The van der Waals surface area contributed by atoms with Crippen LogP contribution in [-0.2, 0) is 9.53 Å². The third-order valence-corrected chi connectivity index (χ3v) is 2.38. The minimum absolute atomic E-state index is 0.0876. The van der Waals surface area contributed by atoms with Crippen molar-refractivity contribution in [3.63, 3.8) is 0 Å². The van der Waals surface area contributed by atoms with Gasteiger partial charge in [-0.05, 0) is 19.3 Å². The van der Waals surface area contributed by atoms with Gasteiger partial charge in [0.05, 0.1) is 0 Å². The summed E-state index contributed by atoms with van der Waals surface area (Å²) in [5.74, 6) is -0.323. The van der Waals surface area contributed by atoms with Gasteiger partial charge in [0.25, 0.3) is 0 Å². The van der Waals surface area contributed by atoms with Gasteiger partial charge in [-0.1, -0.05) is 33.8 Å². The number of ether oxygens (including phenoxy) is 1. The summed E-state index contributed by atoms with van der Waals surface area (Å²) in [6.45, 7) is 11.8. The summed E-state index contributed by atoms with van der Waals surface area (Å²) in [6, 6.07) is 0. The zero-order chi connectivity index (χ0) is 12.4. The molecular weight excluding hydrogens is 202 g/mol. The van der Waals surface area contributed by atoms with Crippen LogP contribution in [0.25, 0.3) is 0 Å². The van der Waals surface area contributed by atoms with Crippen LogP contribution in [0.3, 0.4) is 0 Å². The fourth-order valence-corrected chi connectivity index (χ4v) is 1.72. The highest BCUT2D eigenvalue weighted by atomic mass is 16.6. The van der Waals surface area contributed by atoms with Gasteiger partial charge in [0.1, 0.15) is 0 Å². The van der Waals surface area contributed by atoms with E-state index in [1.54, 1.807) is 0 Å². The van der Waals surface area contributed by atoms with Gasteiger partial charge < -0.3 is 4.74 Å². The van der Waals surface area contributed by atoms with E-state index in [2.05, 4.69) is 32.3 Å². The smallest absolute Gasteiger partial charge is 0.331 e. The second kappa shape index (κ2) is 9.40. The molecule has 0 aliphatic rings. The highest BCUT2D eigenvalue weighted by Gasteiger charge is 2.19. The van der Waals surface area contributed by atoms with Gasteiger partial charge in [-0.25, -0.2) is 4.79 Å². The zero-order valence-electron chi connectivity index (χ0n) is 10.9. The van der Waals surface area contributed by atoms with Crippen molar-refractivity contribution in [1.29, 1.82) is 0 Å². The van der Waals surface area contributed by atoms with Crippen molar-refractivity contribution in [2.45, 2.75) is 52.7 Å². The van der Waals surface area contributed by atoms with Crippen molar-refractivity contribution in [3.05, 3.63) is 12.7 Å². The largest absolute Gasteiger partial charge is 0.443 e. The molecule has 0 aromatic heterocycles. The maximum absolute atomic E-state index is 11.2. The fourth-order valence-electron chi connectivity index (χ4n) is 1.72. The molecule has 0 aromatic rings. The molecule has 1 unspecified atom stereocenters. The number of esters is 1. The summed E-state index contributed by atoms with van der Waals surface area (Å²) in [6.07, 6.45) is 5.20. The summed E-state index contributed by atoms with van der Waals surface area (Å²) in [4.78, 5) is 13.5. The van der Waals surface area contributed by atoms with Gasteiger partial charge in [-0.3, -0.25) is 4.90 Å². The van der Waals surface area contributed by atoms with Crippen molar-refractivity contribution >= 4 is 5.97 Å². The molecule has 0 heterocycles. The van der Waals surface area contributed by atoms with E-state index in [9.17, 15) is 4.79 Å². The van der Waals surface area contributed by atoms with E-state index in [0.29, 0.717) is 0 Å². The molecule has 0 fully saturated rings. The second-order valence-corrected chi connectivity index (χ2v) is 3.92. The van der Waals surface area contributed by atoms with Crippen LogP contribution in [0.1, 0.15) is 46.5 Å². The molecule has 0 saturated carbocycles. The van der Waals surface area contributed by atoms with Gasteiger partial charge in [-0.2, -0.15) is 0 Å². The summed E-state index contributed by atoms with van der Waals surface area (Å²) >= 11 is 0. The first-order valence-electron chi connectivity index (χ1n) is 6.26. The summed E-state index contributed by atoms with van der Waals surface area (Å²) in [5.41, 5.74) is 0. The van der Waals surface area contributed by atoms with E-state index in [1.807, 2.05) is 0 Å². The van der Waals surface area contributed by atoms with Gasteiger partial charge in [-0.15, -0.1) is 0 Å². The Morgan fingerprint density at radius 2 is 1.81 bits per heavy atom. The highest BCUT2D eigenvalue weighted by molar-refractivity contribution is 5.81. The number of hydrogen-bond acceptors (Lipinski definition) is 3. The van der Waals surface area contributed by atoms with Gasteiger partial charge in [0.15, 0.2) is 6.23 Å². The summed E-state index contributed by atoms with van der Waals surface area (Å²) in [5, 5.41) is 0. The second-order valence-electron chi connectivity index (χ2n) is 3.92. The number of carbonyl (C=O) groups excluding carboxylic acids is 1. The molecular formula is C13H25NO2. The summed E-state index contributed by atoms with van der Waals surface area (Å²) < 4.78 is 5.38. The van der Waals surface area contributed by atoms with E-state index in [1.165, 1.54) is 6.08 Å². The third-order valence-electron chi connectivity index (χ3n) is 2.38. The number of carbonyl (C=O) groups is 1. The van der Waals surface area contributed by atoms with Gasteiger partial charge in [0, 0.05) is 19.2 Å². The third kappa shape index (κ3) is 5.91. The lowest BCUT2D eigenvalue weighted by Gasteiger charge is -2.30. The van der Waals surface area contributed by atoms with Crippen LogP contribution in [0.4, 0.5) is 0 Å². The van der Waals surface area contributed by atoms with E-state index in [-0.39, 0.29) is 12.2 Å². The average molecular weight is 227 g/mol. The predicted octanol–water partition coefficient (Wildman–Crippen LogP) is 2.96. The molecule has 0 bridgehead atoms. The number of nitrogens with zero attached hydrogens (tertiary/aromatic N) is 1. The first-order chi connectivity index (χ1) is 7.69. The molecule has 16 heavy (non-hydrogen) atoms. The Morgan fingerprint density at radius 1 is 1.25 bits per heavy atom.